The van der Waals surface area contributed by atoms with Gasteiger partial charge in [0.15, 0.2) is 0 Å². The molecule has 0 saturated heterocycles. The highest BCUT2D eigenvalue weighted by Crippen LogP contribution is 2.16. The number of ether oxygens (including phenoxy) is 1. The fourth-order valence-electron chi connectivity index (χ4n) is 1.57. The molecule has 0 heterocycles. The Balaban J connectivity index is 2.30. The molecular weight excluding hydrogens is 240 g/mol. The third-order valence-electron chi connectivity index (χ3n) is 3.01. The van der Waals surface area contributed by atoms with Gasteiger partial charge in [-0.3, -0.25) is 0 Å². The first-order valence-electron chi connectivity index (χ1n) is 6.68. The second kappa shape index (κ2) is 8.52. The van der Waals surface area contributed by atoms with E-state index in [1.165, 1.54) is 0 Å². The maximum atomic E-state index is 9.79. The fourth-order valence-corrected chi connectivity index (χ4v) is 1.57. The maximum Gasteiger partial charge on any atom is 0.137 e. The van der Waals surface area contributed by atoms with Crippen LogP contribution in [0.5, 0.6) is 5.75 Å². The normalized spacial score (nSPS) is 13.6. The quantitative estimate of drug-likeness (QED) is 0.751. The molecule has 4 heteroatoms. The van der Waals surface area contributed by atoms with E-state index in [0.29, 0.717) is 23.8 Å². The number of nitriles is 1. The number of rotatable bonds is 8. The van der Waals surface area contributed by atoms with Crippen LogP contribution in [-0.2, 0) is 0 Å². The van der Waals surface area contributed by atoms with Crippen LogP contribution in [-0.4, -0.2) is 30.9 Å². The van der Waals surface area contributed by atoms with Crippen LogP contribution in [0.3, 0.4) is 0 Å². The lowest BCUT2D eigenvalue weighted by atomic mass is 10.1. The van der Waals surface area contributed by atoms with Gasteiger partial charge in [0.05, 0.1) is 5.56 Å². The molecule has 19 heavy (non-hydrogen) atoms. The van der Waals surface area contributed by atoms with Crippen molar-refractivity contribution in [2.45, 2.75) is 26.4 Å². The van der Waals surface area contributed by atoms with Crippen molar-refractivity contribution >= 4 is 0 Å². The van der Waals surface area contributed by atoms with Crippen LogP contribution < -0.4 is 10.1 Å². The minimum absolute atomic E-state index is 0.187. The molecule has 0 spiro atoms. The molecule has 2 atom stereocenters. The predicted octanol–water partition coefficient (Wildman–Crippen LogP) is 1.93. The average molecular weight is 262 g/mol. The average Bonchev–Trinajstić information content (AvgIpc) is 2.45. The van der Waals surface area contributed by atoms with Gasteiger partial charge in [0.2, 0.25) is 0 Å². The van der Waals surface area contributed by atoms with Crippen molar-refractivity contribution in [3.63, 3.8) is 0 Å². The number of nitrogens with zero attached hydrogens (tertiary/aromatic N) is 1. The Kier molecular flexibility index (Phi) is 6.94. The minimum Gasteiger partial charge on any atom is -0.489 e. The summed E-state index contributed by atoms with van der Waals surface area (Å²) in [5.74, 6) is 1.12. The molecule has 0 bridgehead atoms. The molecule has 0 fully saturated rings. The third kappa shape index (κ3) is 5.73. The highest BCUT2D eigenvalue weighted by atomic mass is 16.5. The van der Waals surface area contributed by atoms with Gasteiger partial charge >= 0.3 is 0 Å². The van der Waals surface area contributed by atoms with E-state index >= 15 is 0 Å². The summed E-state index contributed by atoms with van der Waals surface area (Å²) in [6, 6.07) is 9.09. The van der Waals surface area contributed by atoms with Crippen molar-refractivity contribution in [3.8, 4) is 11.8 Å². The molecule has 0 amide bonds. The van der Waals surface area contributed by atoms with E-state index < -0.39 is 6.10 Å². The lowest BCUT2D eigenvalue weighted by molar-refractivity contribution is 0.105. The number of para-hydroxylation sites is 1. The fraction of sp³-hybridized carbons (Fsp3) is 0.533. The van der Waals surface area contributed by atoms with Crippen LogP contribution in [0.25, 0.3) is 0 Å². The van der Waals surface area contributed by atoms with Crippen LogP contribution in [0.15, 0.2) is 24.3 Å². The molecular formula is C15H22N2O2. The first-order chi connectivity index (χ1) is 9.17. The van der Waals surface area contributed by atoms with Gasteiger partial charge < -0.3 is 15.2 Å². The van der Waals surface area contributed by atoms with E-state index in [2.05, 4.69) is 25.2 Å². The zero-order chi connectivity index (χ0) is 14.1. The molecule has 2 unspecified atom stereocenters. The molecule has 0 aliphatic rings. The Bertz CT molecular complexity index is 415. The van der Waals surface area contributed by atoms with Gasteiger partial charge in [0.1, 0.15) is 24.5 Å². The van der Waals surface area contributed by atoms with E-state index in [1.54, 1.807) is 18.2 Å². The highest BCUT2D eigenvalue weighted by Gasteiger charge is 2.08. The summed E-state index contributed by atoms with van der Waals surface area (Å²) in [6.45, 7) is 5.89. The first-order valence-corrected chi connectivity index (χ1v) is 6.68. The topological polar surface area (TPSA) is 65.3 Å². The molecule has 0 aliphatic heterocycles. The maximum absolute atomic E-state index is 9.79. The molecule has 1 aromatic carbocycles. The van der Waals surface area contributed by atoms with Crippen LogP contribution in [0, 0.1) is 17.2 Å². The molecule has 4 nitrogen and oxygen atoms in total. The lowest BCUT2D eigenvalue weighted by Gasteiger charge is -2.15. The predicted molar refractivity (Wildman–Crippen MR) is 75.0 cm³/mol. The molecule has 1 aromatic rings. The van der Waals surface area contributed by atoms with Crippen LogP contribution in [0.4, 0.5) is 0 Å². The van der Waals surface area contributed by atoms with Gasteiger partial charge in [-0.2, -0.15) is 5.26 Å². The van der Waals surface area contributed by atoms with E-state index in [4.69, 9.17) is 10.00 Å². The monoisotopic (exact) mass is 262 g/mol. The summed E-state index contributed by atoms with van der Waals surface area (Å²) in [5, 5.41) is 21.9. The van der Waals surface area contributed by atoms with Gasteiger partial charge in [-0.05, 0) is 24.6 Å². The van der Waals surface area contributed by atoms with E-state index in [0.717, 1.165) is 13.0 Å². The largest absolute Gasteiger partial charge is 0.489 e. The minimum atomic E-state index is -0.573. The van der Waals surface area contributed by atoms with Crippen LogP contribution in [0.1, 0.15) is 25.8 Å². The summed E-state index contributed by atoms with van der Waals surface area (Å²) < 4.78 is 5.46. The van der Waals surface area contributed by atoms with Crippen molar-refractivity contribution in [3.05, 3.63) is 29.8 Å². The Labute approximate surface area is 115 Å². The van der Waals surface area contributed by atoms with Gasteiger partial charge in [0, 0.05) is 6.54 Å². The Hall–Kier alpha value is -1.57. The van der Waals surface area contributed by atoms with Gasteiger partial charge in [-0.25, -0.2) is 0 Å². The Morgan fingerprint density at radius 3 is 2.79 bits per heavy atom. The summed E-state index contributed by atoms with van der Waals surface area (Å²) in [7, 11) is 0. The highest BCUT2D eigenvalue weighted by molar-refractivity contribution is 5.42. The smallest absolute Gasteiger partial charge is 0.137 e. The van der Waals surface area contributed by atoms with Gasteiger partial charge in [-0.1, -0.05) is 32.4 Å². The van der Waals surface area contributed by atoms with E-state index in [-0.39, 0.29) is 6.61 Å². The number of benzene rings is 1. The molecule has 0 saturated carbocycles. The number of hydrogen-bond acceptors (Lipinski definition) is 4. The van der Waals surface area contributed by atoms with E-state index in [9.17, 15) is 5.11 Å². The van der Waals surface area contributed by atoms with Crippen LogP contribution >= 0.6 is 0 Å². The molecule has 104 valence electrons. The zero-order valence-electron chi connectivity index (χ0n) is 11.6. The molecule has 0 aliphatic carbocycles. The number of aliphatic hydroxyl groups excluding tert-OH is 1. The summed E-state index contributed by atoms with van der Waals surface area (Å²) in [6.07, 6.45) is 0.547. The van der Waals surface area contributed by atoms with Crippen LogP contribution in [0.2, 0.25) is 0 Å². The molecule has 0 radical (unpaired) electrons. The third-order valence-corrected chi connectivity index (χ3v) is 3.01. The summed E-state index contributed by atoms with van der Waals surface area (Å²) in [5.41, 5.74) is 0.488. The van der Waals surface area contributed by atoms with Gasteiger partial charge in [-0.15, -0.1) is 0 Å². The summed E-state index contributed by atoms with van der Waals surface area (Å²) in [4.78, 5) is 0. The SMILES string of the molecule is CCC(C)CNCC(O)COc1ccccc1C#N. The Morgan fingerprint density at radius 2 is 2.11 bits per heavy atom. The van der Waals surface area contributed by atoms with E-state index in [1.807, 2.05) is 6.07 Å². The van der Waals surface area contributed by atoms with Crippen molar-refractivity contribution in [2.75, 3.05) is 19.7 Å². The second-order valence-electron chi connectivity index (χ2n) is 4.74. The molecule has 0 aromatic heterocycles. The molecule has 2 N–H and O–H groups in total. The summed E-state index contributed by atoms with van der Waals surface area (Å²) >= 11 is 0. The molecule has 1 rings (SSSR count). The van der Waals surface area contributed by atoms with Crippen molar-refractivity contribution in [1.29, 1.82) is 5.26 Å². The number of hydrogen-bond donors (Lipinski definition) is 2. The van der Waals surface area contributed by atoms with Crippen molar-refractivity contribution < 1.29 is 9.84 Å². The standard InChI is InChI=1S/C15H22N2O2/c1-3-12(2)9-17-10-14(18)11-19-15-7-5-4-6-13(15)8-16/h4-7,12,14,17-18H,3,9-11H2,1-2H3. The first kappa shape index (κ1) is 15.5. The Morgan fingerprint density at radius 1 is 1.37 bits per heavy atom. The number of nitrogens with one attached hydrogen (secondary N) is 1. The van der Waals surface area contributed by atoms with Crippen molar-refractivity contribution in [1.82, 2.24) is 5.32 Å². The number of aliphatic hydroxyl groups is 1. The van der Waals surface area contributed by atoms with Crippen molar-refractivity contribution in [2.24, 2.45) is 5.92 Å². The second-order valence-corrected chi connectivity index (χ2v) is 4.74. The van der Waals surface area contributed by atoms with Gasteiger partial charge in [0.25, 0.3) is 0 Å². The zero-order valence-corrected chi connectivity index (χ0v) is 11.6. The lowest BCUT2D eigenvalue weighted by Crippen LogP contribution is -2.33.